The average molecular weight is 257 g/mol. The molecular formula is C14H27NO3. The van der Waals surface area contributed by atoms with Gasteiger partial charge in [-0.3, -0.25) is 4.79 Å². The van der Waals surface area contributed by atoms with Gasteiger partial charge in [-0.15, -0.1) is 0 Å². The highest BCUT2D eigenvalue weighted by Gasteiger charge is 2.27. The van der Waals surface area contributed by atoms with E-state index in [4.69, 9.17) is 9.84 Å². The highest BCUT2D eigenvalue weighted by Crippen LogP contribution is 2.23. The number of ether oxygens (including phenoxy) is 1. The van der Waals surface area contributed by atoms with Crippen LogP contribution in [0.1, 0.15) is 46.5 Å². The summed E-state index contributed by atoms with van der Waals surface area (Å²) in [5.74, 6) is -0.701. The Kier molecular flexibility index (Phi) is 6.09. The minimum atomic E-state index is -0.701. The van der Waals surface area contributed by atoms with E-state index in [-0.39, 0.29) is 0 Å². The van der Waals surface area contributed by atoms with E-state index in [2.05, 4.69) is 4.90 Å². The Labute approximate surface area is 110 Å². The molecule has 1 aliphatic rings. The summed E-state index contributed by atoms with van der Waals surface area (Å²) >= 11 is 0. The Balaban J connectivity index is 2.25. The third-order valence-electron chi connectivity index (χ3n) is 3.72. The lowest BCUT2D eigenvalue weighted by atomic mass is 9.88. The average Bonchev–Trinajstić information content (AvgIpc) is 2.29. The standard InChI is InChI=1S/C14H27NO3/c1-4-18-12-7-5-9-15(11-12)10-6-8-14(2,3)13(16)17/h12H,4-11H2,1-3H3,(H,16,17). The zero-order chi connectivity index (χ0) is 13.6. The molecule has 1 N–H and O–H groups in total. The maximum Gasteiger partial charge on any atom is 0.309 e. The van der Waals surface area contributed by atoms with Gasteiger partial charge in [0.05, 0.1) is 11.5 Å². The number of piperidine rings is 1. The first-order chi connectivity index (χ1) is 8.45. The van der Waals surface area contributed by atoms with E-state index in [1.807, 2.05) is 6.92 Å². The topological polar surface area (TPSA) is 49.8 Å². The second-order valence-electron chi connectivity index (χ2n) is 5.81. The third kappa shape index (κ3) is 4.94. The number of hydrogen-bond acceptors (Lipinski definition) is 3. The summed E-state index contributed by atoms with van der Waals surface area (Å²) in [6.07, 6.45) is 4.39. The Morgan fingerprint density at radius 2 is 2.22 bits per heavy atom. The molecule has 1 heterocycles. The van der Waals surface area contributed by atoms with E-state index in [0.717, 1.165) is 45.5 Å². The molecule has 1 fully saturated rings. The monoisotopic (exact) mass is 257 g/mol. The number of nitrogens with zero attached hydrogens (tertiary/aromatic N) is 1. The lowest BCUT2D eigenvalue weighted by molar-refractivity contribution is -0.147. The van der Waals surface area contributed by atoms with Gasteiger partial charge >= 0.3 is 5.97 Å². The molecule has 4 heteroatoms. The summed E-state index contributed by atoms with van der Waals surface area (Å²) in [5, 5.41) is 9.06. The van der Waals surface area contributed by atoms with Crippen LogP contribution in [-0.4, -0.2) is 48.3 Å². The van der Waals surface area contributed by atoms with Gasteiger partial charge in [-0.2, -0.15) is 0 Å². The predicted octanol–water partition coefficient (Wildman–Crippen LogP) is 2.38. The molecule has 1 atom stereocenters. The van der Waals surface area contributed by atoms with Crippen LogP contribution in [-0.2, 0) is 9.53 Å². The Morgan fingerprint density at radius 1 is 1.50 bits per heavy atom. The summed E-state index contributed by atoms with van der Waals surface area (Å²) in [4.78, 5) is 13.4. The summed E-state index contributed by atoms with van der Waals surface area (Å²) < 4.78 is 5.66. The maximum atomic E-state index is 11.0. The van der Waals surface area contributed by atoms with Crippen LogP contribution >= 0.6 is 0 Å². The highest BCUT2D eigenvalue weighted by atomic mass is 16.5. The zero-order valence-corrected chi connectivity index (χ0v) is 11.9. The number of carbonyl (C=O) groups is 1. The van der Waals surface area contributed by atoms with E-state index in [9.17, 15) is 4.79 Å². The second kappa shape index (κ2) is 7.10. The van der Waals surface area contributed by atoms with Crippen molar-refractivity contribution in [1.82, 2.24) is 4.90 Å². The molecule has 0 aromatic heterocycles. The van der Waals surface area contributed by atoms with Gasteiger partial charge in [0.25, 0.3) is 0 Å². The van der Waals surface area contributed by atoms with Crippen molar-refractivity contribution in [2.45, 2.75) is 52.6 Å². The normalized spacial score (nSPS) is 22.1. The fourth-order valence-corrected chi connectivity index (χ4v) is 2.44. The first-order valence-corrected chi connectivity index (χ1v) is 7.03. The van der Waals surface area contributed by atoms with E-state index >= 15 is 0 Å². The van der Waals surface area contributed by atoms with E-state index in [1.54, 1.807) is 13.8 Å². The molecule has 0 spiro atoms. The quantitative estimate of drug-likeness (QED) is 0.760. The van der Waals surface area contributed by atoms with E-state index < -0.39 is 11.4 Å². The van der Waals surface area contributed by atoms with Crippen LogP contribution in [0.15, 0.2) is 0 Å². The Bertz CT molecular complexity index is 264. The molecule has 0 aromatic carbocycles. The van der Waals surface area contributed by atoms with Gasteiger partial charge in [0.15, 0.2) is 0 Å². The SMILES string of the molecule is CCOC1CCCN(CCCC(C)(C)C(=O)O)C1. The van der Waals surface area contributed by atoms with Crippen molar-refractivity contribution < 1.29 is 14.6 Å². The first kappa shape index (κ1) is 15.4. The summed E-state index contributed by atoms with van der Waals surface area (Å²) in [5.41, 5.74) is -0.602. The lowest BCUT2D eigenvalue weighted by Gasteiger charge is -2.33. The van der Waals surface area contributed by atoms with E-state index in [1.165, 1.54) is 6.42 Å². The summed E-state index contributed by atoms with van der Waals surface area (Å²) in [6.45, 7) is 9.53. The molecule has 4 nitrogen and oxygen atoms in total. The van der Waals surface area contributed by atoms with Crippen LogP contribution < -0.4 is 0 Å². The number of carboxylic acid groups (broad SMARTS) is 1. The Hall–Kier alpha value is -0.610. The van der Waals surface area contributed by atoms with Crippen molar-refractivity contribution in [1.29, 1.82) is 0 Å². The van der Waals surface area contributed by atoms with Crippen molar-refractivity contribution in [3.05, 3.63) is 0 Å². The smallest absolute Gasteiger partial charge is 0.309 e. The molecule has 0 aliphatic carbocycles. The molecule has 106 valence electrons. The molecule has 0 radical (unpaired) electrons. The molecule has 0 aromatic rings. The van der Waals surface area contributed by atoms with Crippen LogP contribution in [0.2, 0.25) is 0 Å². The number of rotatable bonds is 7. The molecule has 0 amide bonds. The van der Waals surface area contributed by atoms with Gasteiger partial charge < -0.3 is 14.7 Å². The van der Waals surface area contributed by atoms with Crippen molar-refractivity contribution in [2.24, 2.45) is 5.41 Å². The zero-order valence-electron chi connectivity index (χ0n) is 11.9. The van der Waals surface area contributed by atoms with Gasteiger partial charge in [-0.1, -0.05) is 0 Å². The molecular weight excluding hydrogens is 230 g/mol. The number of carboxylic acids is 1. The lowest BCUT2D eigenvalue weighted by Crippen LogP contribution is -2.40. The minimum Gasteiger partial charge on any atom is -0.481 e. The van der Waals surface area contributed by atoms with Crippen LogP contribution in [0.25, 0.3) is 0 Å². The van der Waals surface area contributed by atoms with E-state index in [0.29, 0.717) is 6.10 Å². The fraction of sp³-hybridized carbons (Fsp3) is 0.929. The number of likely N-dealkylation sites (tertiary alicyclic amines) is 1. The molecule has 0 saturated carbocycles. The minimum absolute atomic E-state index is 0.372. The van der Waals surface area contributed by atoms with Gasteiger partial charge in [0, 0.05) is 13.2 Å². The molecule has 18 heavy (non-hydrogen) atoms. The maximum absolute atomic E-state index is 11.0. The Morgan fingerprint density at radius 3 is 2.83 bits per heavy atom. The fourth-order valence-electron chi connectivity index (χ4n) is 2.44. The van der Waals surface area contributed by atoms with Gasteiger partial charge in [-0.05, 0) is 59.5 Å². The van der Waals surface area contributed by atoms with Gasteiger partial charge in [0.2, 0.25) is 0 Å². The van der Waals surface area contributed by atoms with Crippen molar-refractivity contribution in [3.63, 3.8) is 0 Å². The summed E-state index contributed by atoms with van der Waals surface area (Å²) in [6, 6.07) is 0. The van der Waals surface area contributed by atoms with Crippen LogP contribution in [0, 0.1) is 5.41 Å². The molecule has 1 aliphatic heterocycles. The van der Waals surface area contributed by atoms with Crippen LogP contribution in [0.5, 0.6) is 0 Å². The van der Waals surface area contributed by atoms with Crippen LogP contribution in [0.4, 0.5) is 0 Å². The largest absolute Gasteiger partial charge is 0.481 e. The second-order valence-corrected chi connectivity index (χ2v) is 5.81. The first-order valence-electron chi connectivity index (χ1n) is 7.03. The molecule has 1 unspecified atom stereocenters. The van der Waals surface area contributed by atoms with Crippen molar-refractivity contribution >= 4 is 5.97 Å². The number of hydrogen-bond donors (Lipinski definition) is 1. The molecule has 1 rings (SSSR count). The van der Waals surface area contributed by atoms with Gasteiger partial charge in [0.1, 0.15) is 0 Å². The van der Waals surface area contributed by atoms with Gasteiger partial charge in [-0.25, -0.2) is 0 Å². The highest BCUT2D eigenvalue weighted by molar-refractivity contribution is 5.73. The third-order valence-corrected chi connectivity index (χ3v) is 3.72. The van der Waals surface area contributed by atoms with Crippen molar-refractivity contribution in [3.8, 4) is 0 Å². The van der Waals surface area contributed by atoms with Crippen molar-refractivity contribution in [2.75, 3.05) is 26.2 Å². The molecule has 1 saturated heterocycles. The molecule has 0 bridgehead atoms. The number of aliphatic carboxylic acids is 1. The van der Waals surface area contributed by atoms with Crippen LogP contribution in [0.3, 0.4) is 0 Å². The predicted molar refractivity (Wildman–Crippen MR) is 71.7 cm³/mol. The summed E-state index contributed by atoms with van der Waals surface area (Å²) in [7, 11) is 0.